The first kappa shape index (κ1) is 20.3. The molecule has 1 aliphatic carbocycles. The van der Waals surface area contributed by atoms with Gasteiger partial charge < -0.3 is 5.32 Å². The lowest BCUT2D eigenvalue weighted by Gasteiger charge is -2.47. The van der Waals surface area contributed by atoms with Crippen molar-refractivity contribution in [1.29, 1.82) is 5.26 Å². The molecule has 0 spiro atoms. The minimum atomic E-state index is -0.348. The largest absolute Gasteiger partial charge is 0.353 e. The molecule has 1 unspecified atom stereocenters. The molecule has 1 aliphatic heterocycles. The number of halogens is 2. The van der Waals surface area contributed by atoms with Gasteiger partial charge in [0.05, 0.1) is 17.0 Å². The minimum absolute atomic E-state index is 0.0862. The van der Waals surface area contributed by atoms with Crippen LogP contribution in [0.4, 0.5) is 0 Å². The van der Waals surface area contributed by atoms with Crippen molar-refractivity contribution in [2.24, 2.45) is 11.3 Å². The molecule has 1 N–H and O–H groups in total. The van der Waals surface area contributed by atoms with Crippen LogP contribution in [0, 0.1) is 22.7 Å². The Labute approximate surface area is 182 Å². The van der Waals surface area contributed by atoms with E-state index in [-0.39, 0.29) is 35.1 Å². The van der Waals surface area contributed by atoms with Gasteiger partial charge in [-0.25, -0.2) is 0 Å². The van der Waals surface area contributed by atoms with E-state index in [1.165, 1.54) is 5.56 Å². The van der Waals surface area contributed by atoms with Crippen molar-refractivity contribution < 1.29 is 4.79 Å². The molecule has 2 aromatic carbocycles. The Morgan fingerprint density at radius 3 is 2.55 bits per heavy atom. The van der Waals surface area contributed by atoms with E-state index in [1.54, 1.807) is 6.07 Å². The molecule has 5 heteroatoms. The Balaban J connectivity index is 1.86. The molecule has 1 saturated carbocycles. The fourth-order valence-electron chi connectivity index (χ4n) is 5.79. The maximum absolute atomic E-state index is 13.0. The van der Waals surface area contributed by atoms with Crippen LogP contribution in [0.3, 0.4) is 0 Å². The molecular formula is C24H24Cl2N2O. The van der Waals surface area contributed by atoms with Crippen molar-refractivity contribution in [2.45, 2.75) is 51.0 Å². The normalized spacial score (nSPS) is 31.1. The van der Waals surface area contributed by atoms with Crippen molar-refractivity contribution in [2.75, 3.05) is 0 Å². The summed E-state index contributed by atoms with van der Waals surface area (Å²) in [4.78, 5) is 13.0. The van der Waals surface area contributed by atoms with Crippen LogP contribution >= 0.6 is 23.2 Å². The van der Waals surface area contributed by atoms with E-state index in [0.717, 1.165) is 24.8 Å². The predicted octanol–water partition coefficient (Wildman–Crippen LogP) is 6.06. The maximum atomic E-state index is 13.0. The van der Waals surface area contributed by atoms with Crippen LogP contribution in [0.25, 0.3) is 0 Å². The molecule has 4 rings (SSSR count). The lowest BCUT2D eigenvalue weighted by Crippen LogP contribution is -2.43. The summed E-state index contributed by atoms with van der Waals surface area (Å²) >= 11 is 12.8. The van der Waals surface area contributed by atoms with Crippen LogP contribution in [-0.4, -0.2) is 11.9 Å². The van der Waals surface area contributed by atoms with Crippen LogP contribution in [0.5, 0.6) is 0 Å². The van der Waals surface area contributed by atoms with E-state index >= 15 is 0 Å². The van der Waals surface area contributed by atoms with Gasteiger partial charge in [-0.05, 0) is 73.4 Å². The zero-order valence-corrected chi connectivity index (χ0v) is 18.1. The monoisotopic (exact) mass is 426 g/mol. The summed E-state index contributed by atoms with van der Waals surface area (Å²) in [5.74, 6) is 0.670. The quantitative estimate of drug-likeness (QED) is 0.648. The van der Waals surface area contributed by atoms with Crippen molar-refractivity contribution >= 4 is 29.1 Å². The van der Waals surface area contributed by atoms with Gasteiger partial charge in [0, 0.05) is 22.0 Å². The van der Waals surface area contributed by atoms with Gasteiger partial charge in [0.2, 0.25) is 5.91 Å². The third-order valence-electron chi connectivity index (χ3n) is 7.12. The highest BCUT2D eigenvalue weighted by Crippen LogP contribution is 2.60. The number of hydrogen-bond donors (Lipinski definition) is 1. The Morgan fingerprint density at radius 1 is 1.21 bits per heavy atom. The zero-order chi connectivity index (χ0) is 20.8. The van der Waals surface area contributed by atoms with E-state index in [2.05, 4.69) is 37.4 Å². The summed E-state index contributed by atoms with van der Waals surface area (Å²) in [6.45, 7) is 4.24. The molecular weight excluding hydrogens is 403 g/mol. The third-order valence-corrected chi connectivity index (χ3v) is 7.70. The van der Waals surface area contributed by atoms with Gasteiger partial charge in [0.15, 0.2) is 0 Å². The fraction of sp³-hybridized carbons (Fsp3) is 0.417. The maximum Gasteiger partial charge on any atom is 0.226 e. The van der Waals surface area contributed by atoms with Crippen molar-refractivity contribution in [3.8, 4) is 6.07 Å². The van der Waals surface area contributed by atoms with Crippen LogP contribution in [0.1, 0.15) is 61.6 Å². The second-order valence-electron chi connectivity index (χ2n) is 8.37. The van der Waals surface area contributed by atoms with Gasteiger partial charge in [-0.15, -0.1) is 0 Å². The molecule has 1 saturated heterocycles. The Kier molecular flexibility index (Phi) is 5.36. The van der Waals surface area contributed by atoms with E-state index in [4.69, 9.17) is 23.2 Å². The topological polar surface area (TPSA) is 52.9 Å². The molecule has 1 heterocycles. The molecule has 5 atom stereocenters. The second kappa shape index (κ2) is 7.67. The molecule has 150 valence electrons. The molecule has 29 heavy (non-hydrogen) atoms. The highest BCUT2D eigenvalue weighted by Gasteiger charge is 2.59. The average Bonchev–Trinajstić information content (AvgIpc) is 2.98. The summed E-state index contributed by atoms with van der Waals surface area (Å²) in [7, 11) is 0. The number of nitrogens with one attached hydrogen (secondary N) is 1. The first-order valence-corrected chi connectivity index (χ1v) is 10.9. The SMILES string of the molecule is CC[C@@]12CCC(c3ccc(C#N)cc3Cl)[C@H](c3ccc(Cl)cc3)[C@@H]1[C@@H](C)NC2=O. The van der Waals surface area contributed by atoms with E-state index in [0.29, 0.717) is 15.6 Å². The summed E-state index contributed by atoms with van der Waals surface area (Å²) in [6.07, 6.45) is 2.55. The Bertz CT molecular complexity index is 981. The third kappa shape index (κ3) is 3.23. The molecule has 0 bridgehead atoms. The van der Waals surface area contributed by atoms with Crippen LogP contribution < -0.4 is 5.32 Å². The number of rotatable bonds is 3. The van der Waals surface area contributed by atoms with Crippen molar-refractivity contribution in [3.63, 3.8) is 0 Å². The molecule has 2 aliphatic rings. The Morgan fingerprint density at radius 2 is 1.93 bits per heavy atom. The molecule has 2 fully saturated rings. The van der Waals surface area contributed by atoms with E-state index < -0.39 is 0 Å². The second-order valence-corrected chi connectivity index (χ2v) is 9.21. The molecule has 1 amide bonds. The summed E-state index contributed by atoms with van der Waals surface area (Å²) < 4.78 is 0. The van der Waals surface area contributed by atoms with Gasteiger partial charge in [-0.2, -0.15) is 5.26 Å². The summed E-state index contributed by atoms with van der Waals surface area (Å²) in [5, 5.41) is 13.8. The molecule has 0 aromatic heterocycles. The number of nitriles is 1. The highest BCUT2D eigenvalue weighted by atomic mass is 35.5. The number of carbonyl (C=O) groups is 1. The predicted molar refractivity (Wildman–Crippen MR) is 116 cm³/mol. The standard InChI is InChI=1S/C24H24Cl2N2O/c1-3-24-11-10-19(18-9-4-15(13-27)12-20(18)26)21(16-5-7-17(25)8-6-16)22(24)14(2)28-23(24)29/h4-9,12,14,19,21-22H,3,10-11H2,1-2H3,(H,28,29)/t14-,19?,21+,22+,24-/m1/s1. The smallest absolute Gasteiger partial charge is 0.226 e. The lowest BCUT2D eigenvalue weighted by atomic mass is 9.54. The molecule has 0 radical (unpaired) electrons. The van der Waals surface area contributed by atoms with Gasteiger partial charge in [-0.1, -0.05) is 48.3 Å². The van der Waals surface area contributed by atoms with E-state index in [1.807, 2.05) is 24.3 Å². The van der Waals surface area contributed by atoms with Gasteiger partial charge in [-0.3, -0.25) is 4.79 Å². The number of hydrogen-bond acceptors (Lipinski definition) is 2. The average molecular weight is 427 g/mol. The molecule has 2 aromatic rings. The first-order chi connectivity index (χ1) is 13.9. The van der Waals surface area contributed by atoms with E-state index in [9.17, 15) is 10.1 Å². The highest BCUT2D eigenvalue weighted by molar-refractivity contribution is 6.31. The van der Waals surface area contributed by atoms with Gasteiger partial charge in [0.25, 0.3) is 0 Å². The van der Waals surface area contributed by atoms with Crippen LogP contribution in [0.15, 0.2) is 42.5 Å². The fourth-order valence-corrected chi connectivity index (χ4v) is 6.24. The van der Waals surface area contributed by atoms with Crippen molar-refractivity contribution in [3.05, 3.63) is 69.2 Å². The number of amides is 1. The van der Waals surface area contributed by atoms with Crippen LogP contribution in [0.2, 0.25) is 10.0 Å². The zero-order valence-electron chi connectivity index (χ0n) is 16.6. The summed E-state index contributed by atoms with van der Waals surface area (Å²) in [6, 6.07) is 15.8. The van der Waals surface area contributed by atoms with Gasteiger partial charge >= 0.3 is 0 Å². The number of fused-ring (bicyclic) bond motifs is 1. The Hall–Kier alpha value is -2.02. The first-order valence-electron chi connectivity index (χ1n) is 10.2. The lowest BCUT2D eigenvalue weighted by molar-refractivity contribution is -0.131. The molecule has 3 nitrogen and oxygen atoms in total. The van der Waals surface area contributed by atoms with Gasteiger partial charge in [0.1, 0.15) is 0 Å². The van der Waals surface area contributed by atoms with Crippen LogP contribution in [-0.2, 0) is 4.79 Å². The number of nitrogens with zero attached hydrogens (tertiary/aromatic N) is 1. The minimum Gasteiger partial charge on any atom is -0.353 e. The number of benzene rings is 2. The summed E-state index contributed by atoms with van der Waals surface area (Å²) in [5.41, 5.74) is 2.46. The number of carbonyl (C=O) groups excluding carboxylic acids is 1. The van der Waals surface area contributed by atoms with Crippen molar-refractivity contribution in [1.82, 2.24) is 5.32 Å².